The molecule has 0 fully saturated rings. The number of nitrogens with zero attached hydrogens (tertiary/aromatic N) is 5. The average Bonchev–Trinajstić information content (AvgIpc) is 2.61. The zero-order chi connectivity index (χ0) is 11.5. The number of hydrogen-bond donors (Lipinski definition) is 1. The van der Waals surface area contributed by atoms with Crippen molar-refractivity contribution in [3.05, 3.63) is 17.3 Å². The lowest BCUT2D eigenvalue weighted by Gasteiger charge is -1.98. The number of halogens is 1. The largest absolute Gasteiger partial charge is 0.463 e. The molecule has 8 heteroatoms. The summed E-state index contributed by atoms with van der Waals surface area (Å²) in [7, 11) is 0. The molecule has 0 aliphatic rings. The highest BCUT2D eigenvalue weighted by Gasteiger charge is 2.10. The Morgan fingerprint density at radius 2 is 2.25 bits per heavy atom. The Bertz CT molecular complexity index is 482. The summed E-state index contributed by atoms with van der Waals surface area (Å²) in [5.41, 5.74) is 5.65. The van der Waals surface area contributed by atoms with Gasteiger partial charge in [-0.1, -0.05) is 11.6 Å². The minimum Gasteiger partial charge on any atom is -0.463 e. The lowest BCUT2D eigenvalue weighted by Crippen LogP contribution is -2.05. The maximum absolute atomic E-state index is 5.65. The van der Waals surface area contributed by atoms with Gasteiger partial charge in [-0.15, -0.1) is 15.3 Å². The van der Waals surface area contributed by atoms with E-state index in [9.17, 15) is 0 Å². The normalized spacial score (nSPS) is 10.4. The van der Waals surface area contributed by atoms with Crippen molar-refractivity contribution in [2.24, 2.45) is 0 Å². The van der Waals surface area contributed by atoms with Gasteiger partial charge < -0.3 is 10.5 Å². The van der Waals surface area contributed by atoms with Gasteiger partial charge in [0.15, 0.2) is 11.0 Å². The van der Waals surface area contributed by atoms with Crippen LogP contribution in [0.2, 0.25) is 5.15 Å². The molecular weight excluding hydrogens is 232 g/mol. The first-order chi connectivity index (χ1) is 7.70. The Labute approximate surface area is 96.2 Å². The number of nitrogen functional groups attached to an aromatic ring is 1. The molecule has 0 amide bonds. The first-order valence-electron chi connectivity index (χ1n) is 4.55. The van der Waals surface area contributed by atoms with Gasteiger partial charge in [0.2, 0.25) is 5.95 Å². The topological polar surface area (TPSA) is 91.7 Å². The Morgan fingerprint density at radius 1 is 1.44 bits per heavy atom. The van der Waals surface area contributed by atoms with Crippen LogP contribution in [0, 0.1) is 0 Å². The van der Waals surface area contributed by atoms with E-state index in [0.717, 1.165) is 0 Å². The van der Waals surface area contributed by atoms with E-state index in [2.05, 4.69) is 20.3 Å². The Kier molecular flexibility index (Phi) is 2.86. The fraction of sp³-hybridized carbons (Fsp3) is 0.250. The summed E-state index contributed by atoms with van der Waals surface area (Å²) in [6.45, 7) is 2.30. The lowest BCUT2D eigenvalue weighted by atomic mass is 10.5. The van der Waals surface area contributed by atoms with E-state index in [1.165, 1.54) is 4.68 Å². The van der Waals surface area contributed by atoms with Crippen molar-refractivity contribution < 1.29 is 4.74 Å². The summed E-state index contributed by atoms with van der Waals surface area (Å²) in [6, 6.07) is 3.43. The molecule has 84 valence electrons. The maximum atomic E-state index is 5.65. The van der Waals surface area contributed by atoms with Crippen LogP contribution in [0.3, 0.4) is 0 Å². The van der Waals surface area contributed by atoms with Crippen molar-refractivity contribution in [1.82, 2.24) is 25.0 Å². The molecule has 2 heterocycles. The summed E-state index contributed by atoms with van der Waals surface area (Å²) in [5, 5.41) is 11.8. The molecule has 7 nitrogen and oxygen atoms in total. The summed E-state index contributed by atoms with van der Waals surface area (Å²) < 4.78 is 6.44. The molecule has 0 radical (unpaired) electrons. The SMILES string of the molecule is CCOc1nc(N)n(-c2ccc(Cl)nn2)n1. The van der Waals surface area contributed by atoms with Gasteiger partial charge in [0.25, 0.3) is 0 Å². The van der Waals surface area contributed by atoms with Crippen molar-refractivity contribution in [2.45, 2.75) is 6.92 Å². The second kappa shape index (κ2) is 4.31. The fourth-order valence-corrected chi connectivity index (χ4v) is 1.19. The smallest absolute Gasteiger partial charge is 0.337 e. The van der Waals surface area contributed by atoms with Gasteiger partial charge in [-0.2, -0.15) is 9.67 Å². The number of anilines is 1. The minimum atomic E-state index is 0.181. The van der Waals surface area contributed by atoms with E-state index >= 15 is 0 Å². The monoisotopic (exact) mass is 240 g/mol. The second-order valence-electron chi connectivity index (χ2n) is 2.81. The van der Waals surface area contributed by atoms with E-state index in [4.69, 9.17) is 22.1 Å². The summed E-state index contributed by atoms with van der Waals surface area (Å²) in [6.07, 6.45) is 0. The molecule has 16 heavy (non-hydrogen) atoms. The zero-order valence-electron chi connectivity index (χ0n) is 8.46. The average molecular weight is 241 g/mol. The van der Waals surface area contributed by atoms with Crippen LogP contribution >= 0.6 is 11.6 Å². The molecule has 0 bridgehead atoms. The number of ether oxygens (including phenoxy) is 1. The highest BCUT2D eigenvalue weighted by Crippen LogP contribution is 2.13. The van der Waals surface area contributed by atoms with Crippen molar-refractivity contribution >= 4 is 17.5 Å². The van der Waals surface area contributed by atoms with E-state index in [1.807, 2.05) is 6.92 Å². The van der Waals surface area contributed by atoms with Crippen LogP contribution in [0.4, 0.5) is 5.95 Å². The van der Waals surface area contributed by atoms with Gasteiger partial charge in [-0.25, -0.2) is 0 Å². The standard InChI is InChI=1S/C8H9ClN6O/c1-2-16-8-11-7(10)15(14-8)6-4-3-5(9)12-13-6/h3-4H,2H2,1H3,(H2,10,11,14). The van der Waals surface area contributed by atoms with E-state index < -0.39 is 0 Å². The van der Waals surface area contributed by atoms with Crippen LogP contribution in [-0.4, -0.2) is 31.6 Å². The minimum absolute atomic E-state index is 0.181. The molecule has 0 unspecified atom stereocenters. The molecule has 0 aromatic carbocycles. The second-order valence-corrected chi connectivity index (χ2v) is 3.20. The van der Waals surface area contributed by atoms with Crippen molar-refractivity contribution in [2.75, 3.05) is 12.3 Å². The van der Waals surface area contributed by atoms with Crippen molar-refractivity contribution in [3.8, 4) is 11.8 Å². The molecule has 0 saturated heterocycles. The number of aromatic nitrogens is 5. The quantitative estimate of drug-likeness (QED) is 0.849. The summed E-state index contributed by atoms with van der Waals surface area (Å²) >= 11 is 5.62. The van der Waals surface area contributed by atoms with Crippen LogP contribution in [0.1, 0.15) is 6.92 Å². The third kappa shape index (κ3) is 2.03. The maximum Gasteiger partial charge on any atom is 0.337 e. The molecular formula is C8H9ClN6O. The van der Waals surface area contributed by atoms with Crippen molar-refractivity contribution in [3.63, 3.8) is 0 Å². The van der Waals surface area contributed by atoms with Crippen molar-refractivity contribution in [1.29, 1.82) is 0 Å². The zero-order valence-corrected chi connectivity index (χ0v) is 9.22. The Morgan fingerprint density at radius 3 is 2.88 bits per heavy atom. The van der Waals surface area contributed by atoms with E-state index in [-0.39, 0.29) is 12.0 Å². The van der Waals surface area contributed by atoms with Crippen LogP contribution in [0.25, 0.3) is 5.82 Å². The van der Waals surface area contributed by atoms with Gasteiger partial charge in [0.1, 0.15) is 0 Å². The van der Waals surface area contributed by atoms with Crippen LogP contribution in [0.15, 0.2) is 12.1 Å². The third-order valence-corrected chi connectivity index (χ3v) is 1.92. The predicted molar refractivity (Wildman–Crippen MR) is 57.5 cm³/mol. The molecule has 0 atom stereocenters. The molecule has 2 aromatic rings. The molecule has 0 aliphatic carbocycles. The number of hydrogen-bond acceptors (Lipinski definition) is 6. The highest BCUT2D eigenvalue weighted by atomic mass is 35.5. The van der Waals surface area contributed by atoms with Gasteiger partial charge in [0.05, 0.1) is 6.61 Å². The Hall–Kier alpha value is -1.89. The molecule has 0 saturated carbocycles. The van der Waals surface area contributed by atoms with E-state index in [0.29, 0.717) is 17.6 Å². The lowest BCUT2D eigenvalue weighted by molar-refractivity contribution is 0.312. The van der Waals surface area contributed by atoms with Crippen LogP contribution in [-0.2, 0) is 0 Å². The fourth-order valence-electron chi connectivity index (χ4n) is 1.09. The number of rotatable bonds is 3. The molecule has 2 aromatic heterocycles. The third-order valence-electron chi connectivity index (χ3n) is 1.72. The van der Waals surface area contributed by atoms with Crippen LogP contribution < -0.4 is 10.5 Å². The van der Waals surface area contributed by atoms with Gasteiger partial charge in [0, 0.05) is 0 Å². The molecule has 0 spiro atoms. The highest BCUT2D eigenvalue weighted by molar-refractivity contribution is 6.29. The van der Waals surface area contributed by atoms with Gasteiger partial charge in [-0.05, 0) is 19.1 Å². The predicted octanol–water partition coefficient (Wildman–Crippen LogP) is 0.692. The first-order valence-corrected chi connectivity index (χ1v) is 4.93. The summed E-state index contributed by atoms with van der Waals surface area (Å²) in [5.74, 6) is 0.612. The molecule has 0 aliphatic heterocycles. The number of nitrogens with two attached hydrogens (primary N) is 1. The molecule has 2 N–H and O–H groups in total. The van der Waals surface area contributed by atoms with Crippen LogP contribution in [0.5, 0.6) is 6.01 Å². The first kappa shape index (κ1) is 10.6. The molecule has 2 rings (SSSR count). The van der Waals surface area contributed by atoms with Gasteiger partial charge >= 0.3 is 6.01 Å². The summed E-state index contributed by atoms with van der Waals surface area (Å²) in [4.78, 5) is 3.91. The van der Waals surface area contributed by atoms with Gasteiger partial charge in [-0.3, -0.25) is 0 Å². The van der Waals surface area contributed by atoms with E-state index in [1.54, 1.807) is 12.1 Å². The Balaban J connectivity index is 2.36.